The van der Waals surface area contributed by atoms with E-state index in [2.05, 4.69) is 50.9 Å². The summed E-state index contributed by atoms with van der Waals surface area (Å²) >= 11 is 0. The Bertz CT molecular complexity index is 926. The zero-order valence-corrected chi connectivity index (χ0v) is 16.0. The minimum Gasteiger partial charge on any atom is -0.497 e. The molecule has 4 heteroatoms. The van der Waals surface area contributed by atoms with Crippen LogP contribution in [0.15, 0.2) is 41.4 Å². The average molecular weight is 350 g/mol. The number of hydrogen-bond donors (Lipinski definition) is 2. The Labute approximate surface area is 154 Å². The number of aromatic amines is 1. The predicted molar refractivity (Wildman–Crippen MR) is 108 cm³/mol. The molecule has 0 fully saturated rings. The van der Waals surface area contributed by atoms with E-state index in [4.69, 9.17) is 9.73 Å². The molecule has 0 saturated heterocycles. The van der Waals surface area contributed by atoms with Crippen LogP contribution in [-0.2, 0) is 0 Å². The van der Waals surface area contributed by atoms with E-state index in [-0.39, 0.29) is 5.88 Å². The van der Waals surface area contributed by atoms with Gasteiger partial charge < -0.3 is 14.8 Å². The molecular weight excluding hydrogens is 324 g/mol. The van der Waals surface area contributed by atoms with Gasteiger partial charge in [0.05, 0.1) is 18.4 Å². The first-order valence-electron chi connectivity index (χ1n) is 8.98. The lowest BCUT2D eigenvalue weighted by atomic mass is 9.93. The second-order valence-corrected chi connectivity index (χ2v) is 7.15. The highest BCUT2D eigenvalue weighted by Gasteiger charge is 2.14. The molecule has 0 aliphatic rings. The van der Waals surface area contributed by atoms with Crippen LogP contribution in [0.4, 0.5) is 5.69 Å². The lowest BCUT2D eigenvalue weighted by molar-refractivity contribution is 0.415. The summed E-state index contributed by atoms with van der Waals surface area (Å²) in [6, 6.07) is 12.0. The number of aromatic hydroxyl groups is 1. The van der Waals surface area contributed by atoms with Gasteiger partial charge in [0.2, 0.25) is 0 Å². The summed E-state index contributed by atoms with van der Waals surface area (Å²) in [5.41, 5.74) is 4.95. The van der Waals surface area contributed by atoms with Crippen LogP contribution in [0.5, 0.6) is 11.6 Å². The van der Waals surface area contributed by atoms with E-state index in [0.29, 0.717) is 17.4 Å². The number of aromatic nitrogens is 1. The van der Waals surface area contributed by atoms with Gasteiger partial charge in [0.1, 0.15) is 5.75 Å². The summed E-state index contributed by atoms with van der Waals surface area (Å²) in [5, 5.41) is 11.2. The van der Waals surface area contributed by atoms with Crippen LogP contribution in [0.3, 0.4) is 0 Å². The van der Waals surface area contributed by atoms with E-state index in [1.807, 2.05) is 18.2 Å². The predicted octanol–water partition coefficient (Wildman–Crippen LogP) is 5.88. The fraction of sp³-hybridized carbons (Fsp3) is 0.318. The van der Waals surface area contributed by atoms with Crippen molar-refractivity contribution in [2.24, 2.45) is 4.99 Å². The first-order chi connectivity index (χ1) is 12.4. The zero-order valence-electron chi connectivity index (χ0n) is 16.0. The summed E-state index contributed by atoms with van der Waals surface area (Å²) in [6.45, 7) is 8.69. The highest BCUT2D eigenvalue weighted by molar-refractivity contribution is 6.03. The quantitative estimate of drug-likeness (QED) is 0.565. The number of nitrogens with one attached hydrogen (secondary N) is 1. The number of hydrogen-bond acceptors (Lipinski definition) is 3. The van der Waals surface area contributed by atoms with Gasteiger partial charge in [-0.3, -0.25) is 4.99 Å². The summed E-state index contributed by atoms with van der Waals surface area (Å²) in [4.78, 5) is 7.81. The number of benzene rings is 2. The molecule has 0 spiro atoms. The van der Waals surface area contributed by atoms with Crippen molar-refractivity contribution in [2.75, 3.05) is 7.11 Å². The second-order valence-electron chi connectivity index (χ2n) is 7.15. The molecule has 136 valence electrons. The van der Waals surface area contributed by atoms with Gasteiger partial charge in [-0.2, -0.15) is 0 Å². The van der Waals surface area contributed by atoms with E-state index in [1.54, 1.807) is 13.3 Å². The standard InChI is InChI=1S/C22H26N2O2/c1-13(2)16-7-6-8-17(14(3)4)21(16)23-12-19-18-11-15(26-5)9-10-20(18)24-22(19)25/h6-14,24-25H,1-5H3. The molecule has 0 aliphatic heterocycles. The van der Waals surface area contributed by atoms with Crippen molar-refractivity contribution in [3.05, 3.63) is 53.1 Å². The van der Waals surface area contributed by atoms with Gasteiger partial charge in [0.25, 0.3) is 0 Å². The molecule has 0 saturated carbocycles. The van der Waals surface area contributed by atoms with Crippen LogP contribution in [-0.4, -0.2) is 23.4 Å². The maximum Gasteiger partial charge on any atom is 0.198 e. The van der Waals surface area contributed by atoms with Crippen molar-refractivity contribution in [2.45, 2.75) is 39.5 Å². The Morgan fingerprint density at radius 2 is 1.69 bits per heavy atom. The van der Waals surface area contributed by atoms with Gasteiger partial charge in [-0.15, -0.1) is 0 Å². The molecule has 1 heterocycles. The normalized spacial score (nSPS) is 12.0. The summed E-state index contributed by atoms with van der Waals surface area (Å²) in [5.74, 6) is 1.61. The molecule has 2 N–H and O–H groups in total. The molecular formula is C22H26N2O2. The minimum absolute atomic E-state index is 0.116. The van der Waals surface area contributed by atoms with Crippen molar-refractivity contribution in [3.63, 3.8) is 0 Å². The highest BCUT2D eigenvalue weighted by Crippen LogP contribution is 2.35. The van der Waals surface area contributed by atoms with Crippen molar-refractivity contribution < 1.29 is 9.84 Å². The van der Waals surface area contributed by atoms with Gasteiger partial charge in [-0.05, 0) is 41.2 Å². The third-order valence-electron chi connectivity index (χ3n) is 4.69. The third-order valence-corrected chi connectivity index (χ3v) is 4.69. The van der Waals surface area contributed by atoms with Crippen LogP contribution in [0, 0.1) is 0 Å². The average Bonchev–Trinajstić information content (AvgIpc) is 2.93. The van der Waals surface area contributed by atoms with Crippen LogP contribution >= 0.6 is 0 Å². The lowest BCUT2D eigenvalue weighted by Crippen LogP contribution is -1.95. The van der Waals surface area contributed by atoms with E-state index >= 15 is 0 Å². The maximum absolute atomic E-state index is 10.3. The Hall–Kier alpha value is -2.75. The number of nitrogens with zero attached hydrogens (tertiary/aromatic N) is 1. The molecule has 26 heavy (non-hydrogen) atoms. The number of fused-ring (bicyclic) bond motifs is 1. The Morgan fingerprint density at radius 1 is 1.04 bits per heavy atom. The van der Waals surface area contributed by atoms with E-state index in [9.17, 15) is 5.11 Å². The smallest absolute Gasteiger partial charge is 0.198 e. The SMILES string of the molecule is COc1ccc2[nH]c(O)c(C=Nc3c(C(C)C)cccc3C(C)C)c2c1. The monoisotopic (exact) mass is 350 g/mol. The molecule has 4 nitrogen and oxygen atoms in total. The third kappa shape index (κ3) is 3.32. The number of aliphatic imine (C=N–C) groups is 1. The van der Waals surface area contributed by atoms with E-state index in [1.165, 1.54) is 11.1 Å². The Balaban J connectivity index is 2.14. The van der Waals surface area contributed by atoms with Gasteiger partial charge in [0, 0.05) is 17.1 Å². The number of H-pyrrole nitrogens is 1. The maximum atomic E-state index is 10.3. The molecule has 0 atom stereocenters. The zero-order chi connectivity index (χ0) is 18.8. The Kier molecular flexibility index (Phi) is 5.03. The fourth-order valence-corrected chi connectivity index (χ4v) is 3.23. The van der Waals surface area contributed by atoms with Crippen LogP contribution in [0.1, 0.15) is 56.2 Å². The fourth-order valence-electron chi connectivity index (χ4n) is 3.23. The number of methoxy groups -OCH3 is 1. The molecule has 2 aromatic carbocycles. The van der Waals surface area contributed by atoms with Crippen molar-refractivity contribution in [1.82, 2.24) is 4.98 Å². The molecule has 3 aromatic rings. The number of rotatable bonds is 5. The lowest BCUT2D eigenvalue weighted by Gasteiger charge is -2.16. The first kappa shape index (κ1) is 18.1. The summed E-state index contributed by atoms with van der Waals surface area (Å²) < 4.78 is 5.31. The molecule has 0 radical (unpaired) electrons. The molecule has 1 aromatic heterocycles. The topological polar surface area (TPSA) is 57.6 Å². The molecule has 0 bridgehead atoms. The Morgan fingerprint density at radius 3 is 2.27 bits per heavy atom. The molecule has 0 amide bonds. The second kappa shape index (κ2) is 7.24. The molecule has 3 rings (SSSR count). The van der Waals surface area contributed by atoms with Gasteiger partial charge >= 0.3 is 0 Å². The van der Waals surface area contributed by atoms with Crippen molar-refractivity contribution >= 4 is 22.8 Å². The molecule has 0 unspecified atom stereocenters. The highest BCUT2D eigenvalue weighted by atomic mass is 16.5. The van der Waals surface area contributed by atoms with Gasteiger partial charge in [0.15, 0.2) is 5.88 Å². The van der Waals surface area contributed by atoms with Crippen LogP contribution in [0.25, 0.3) is 10.9 Å². The van der Waals surface area contributed by atoms with E-state index < -0.39 is 0 Å². The van der Waals surface area contributed by atoms with Crippen molar-refractivity contribution in [3.8, 4) is 11.6 Å². The molecule has 0 aliphatic carbocycles. The van der Waals surface area contributed by atoms with E-state index in [0.717, 1.165) is 22.3 Å². The minimum atomic E-state index is 0.116. The largest absolute Gasteiger partial charge is 0.497 e. The first-order valence-corrected chi connectivity index (χ1v) is 8.98. The number of ether oxygens (including phenoxy) is 1. The van der Waals surface area contributed by atoms with Gasteiger partial charge in [-0.1, -0.05) is 45.9 Å². The van der Waals surface area contributed by atoms with Crippen LogP contribution < -0.4 is 4.74 Å². The summed E-state index contributed by atoms with van der Waals surface area (Å²) in [6.07, 6.45) is 1.75. The number of para-hydroxylation sites is 1. The van der Waals surface area contributed by atoms with Crippen molar-refractivity contribution in [1.29, 1.82) is 0 Å². The summed E-state index contributed by atoms with van der Waals surface area (Å²) in [7, 11) is 1.63. The van der Waals surface area contributed by atoms with Gasteiger partial charge in [-0.25, -0.2) is 0 Å². The van der Waals surface area contributed by atoms with Crippen LogP contribution in [0.2, 0.25) is 0 Å².